The van der Waals surface area contributed by atoms with E-state index in [1.165, 1.54) is 33.7 Å². The van der Waals surface area contributed by atoms with E-state index in [2.05, 4.69) is 21.9 Å². The summed E-state index contributed by atoms with van der Waals surface area (Å²) >= 11 is 0. The average molecular weight is 421 g/mol. The molecular weight excluding hydrogens is 401 g/mol. The molecule has 0 aliphatic carbocycles. The zero-order valence-electron chi connectivity index (χ0n) is 15.5. The van der Waals surface area contributed by atoms with Crippen molar-refractivity contribution in [3.05, 3.63) is 48.6 Å². The van der Waals surface area contributed by atoms with Crippen molar-refractivity contribution in [1.29, 1.82) is 0 Å². The van der Waals surface area contributed by atoms with E-state index in [1.807, 2.05) is 0 Å². The summed E-state index contributed by atoms with van der Waals surface area (Å²) in [6, 6.07) is 3.52. The molecule has 3 rings (SSSR count). The fraction of sp³-hybridized carbons (Fsp3) is 0.278. The Morgan fingerprint density at radius 3 is 2.55 bits per heavy atom. The fourth-order valence-electron chi connectivity index (χ4n) is 2.86. The third kappa shape index (κ3) is 4.69. The zero-order chi connectivity index (χ0) is 21.0. The Kier molecular flexibility index (Phi) is 6.09. The fourth-order valence-corrected chi connectivity index (χ4v) is 4.34. The Balaban J connectivity index is 1.77. The van der Waals surface area contributed by atoms with Crippen LogP contribution in [0.5, 0.6) is 0 Å². The molecule has 1 aromatic carbocycles. The molecule has 2 aromatic rings. The van der Waals surface area contributed by atoms with Crippen LogP contribution in [0.2, 0.25) is 0 Å². The van der Waals surface area contributed by atoms with Gasteiger partial charge in [0.15, 0.2) is 0 Å². The number of anilines is 2. The molecule has 1 amide bonds. The molecule has 0 radical (unpaired) electrons. The Bertz CT molecular complexity index is 1010. The lowest BCUT2D eigenvalue weighted by molar-refractivity contribution is 0.147. The average Bonchev–Trinajstić information content (AvgIpc) is 2.97. The summed E-state index contributed by atoms with van der Waals surface area (Å²) in [5.41, 5.74) is 0.736. The van der Waals surface area contributed by atoms with E-state index in [4.69, 9.17) is 5.11 Å². The van der Waals surface area contributed by atoms with Crippen LogP contribution in [0.25, 0.3) is 6.08 Å². The molecule has 0 spiro atoms. The molecule has 0 saturated carbocycles. The second-order valence-electron chi connectivity index (χ2n) is 6.34. The van der Waals surface area contributed by atoms with Gasteiger partial charge in [-0.2, -0.15) is 4.31 Å². The van der Waals surface area contributed by atoms with E-state index in [0.29, 0.717) is 12.0 Å². The SMILES string of the molecule is C=Cc1cnc(Nc2ccc(S(=O)(=O)N3CCCN(C(=O)O)CC3)cc2F)nc1. The predicted molar refractivity (Wildman–Crippen MR) is 105 cm³/mol. The van der Waals surface area contributed by atoms with Gasteiger partial charge in [0, 0.05) is 44.1 Å². The van der Waals surface area contributed by atoms with Gasteiger partial charge in [0.2, 0.25) is 16.0 Å². The molecule has 0 bridgehead atoms. The van der Waals surface area contributed by atoms with Gasteiger partial charge in [-0.05, 0) is 24.6 Å². The summed E-state index contributed by atoms with van der Waals surface area (Å²) in [7, 11) is -3.95. The van der Waals surface area contributed by atoms with Gasteiger partial charge in [-0.3, -0.25) is 0 Å². The van der Waals surface area contributed by atoms with Crippen LogP contribution in [-0.4, -0.2) is 65.0 Å². The minimum Gasteiger partial charge on any atom is -0.465 e. The number of amides is 1. The standard InChI is InChI=1S/C18H20FN5O4S/c1-2-13-11-20-17(21-12-13)22-16-5-4-14(10-15(16)19)29(27,28)24-7-3-6-23(8-9-24)18(25)26/h2,4-5,10-12H,1,3,6-9H2,(H,25,26)(H,20,21,22). The first-order valence-corrected chi connectivity index (χ1v) is 10.2. The minimum absolute atomic E-state index is 0.0136. The Hall–Kier alpha value is -3.05. The molecular formula is C18H20FN5O4S. The molecule has 1 aliphatic heterocycles. The highest BCUT2D eigenvalue weighted by atomic mass is 32.2. The van der Waals surface area contributed by atoms with E-state index in [-0.39, 0.29) is 42.7 Å². The lowest BCUT2D eigenvalue weighted by Gasteiger charge is -2.20. The third-order valence-electron chi connectivity index (χ3n) is 4.46. The molecule has 29 heavy (non-hydrogen) atoms. The first kappa shape index (κ1) is 20.7. The molecule has 0 unspecified atom stereocenters. The number of hydrogen-bond donors (Lipinski definition) is 2. The molecule has 1 aliphatic rings. The van der Waals surface area contributed by atoms with E-state index in [1.54, 1.807) is 6.08 Å². The van der Waals surface area contributed by atoms with Crippen LogP contribution >= 0.6 is 0 Å². The zero-order valence-corrected chi connectivity index (χ0v) is 16.3. The molecule has 0 atom stereocenters. The molecule has 2 N–H and O–H groups in total. The van der Waals surface area contributed by atoms with E-state index in [9.17, 15) is 17.6 Å². The summed E-state index contributed by atoms with van der Waals surface area (Å²) in [5, 5.41) is 11.8. The van der Waals surface area contributed by atoms with E-state index in [0.717, 1.165) is 6.07 Å². The van der Waals surface area contributed by atoms with Crippen molar-refractivity contribution in [2.45, 2.75) is 11.3 Å². The smallest absolute Gasteiger partial charge is 0.407 e. The van der Waals surface area contributed by atoms with Gasteiger partial charge < -0.3 is 15.3 Å². The minimum atomic E-state index is -3.95. The first-order valence-electron chi connectivity index (χ1n) is 8.80. The van der Waals surface area contributed by atoms with Crippen molar-refractivity contribution in [2.75, 3.05) is 31.5 Å². The van der Waals surface area contributed by atoms with Gasteiger partial charge in [-0.25, -0.2) is 27.6 Å². The second kappa shape index (κ2) is 8.53. The van der Waals surface area contributed by atoms with Crippen LogP contribution in [0.15, 0.2) is 42.1 Å². The Morgan fingerprint density at radius 2 is 1.93 bits per heavy atom. The highest BCUT2D eigenvalue weighted by molar-refractivity contribution is 7.89. The molecule has 9 nitrogen and oxygen atoms in total. The Labute approximate surface area is 167 Å². The summed E-state index contributed by atoms with van der Waals surface area (Å²) in [6.07, 6.45) is 3.88. The number of rotatable bonds is 5. The lowest BCUT2D eigenvalue weighted by Crippen LogP contribution is -2.36. The number of hydrogen-bond acceptors (Lipinski definition) is 6. The van der Waals surface area contributed by atoms with Crippen molar-refractivity contribution in [3.63, 3.8) is 0 Å². The van der Waals surface area contributed by atoms with Gasteiger partial charge in [0.05, 0.1) is 10.6 Å². The van der Waals surface area contributed by atoms with Crippen molar-refractivity contribution >= 4 is 33.8 Å². The normalized spacial score (nSPS) is 15.6. The van der Waals surface area contributed by atoms with Gasteiger partial charge in [0.1, 0.15) is 5.82 Å². The van der Waals surface area contributed by atoms with Crippen molar-refractivity contribution in [2.24, 2.45) is 0 Å². The molecule has 154 valence electrons. The number of carbonyl (C=O) groups is 1. The van der Waals surface area contributed by atoms with Crippen LogP contribution in [0, 0.1) is 5.82 Å². The number of nitrogens with zero attached hydrogens (tertiary/aromatic N) is 4. The summed E-state index contributed by atoms with van der Waals surface area (Å²) < 4.78 is 41.4. The number of nitrogens with one attached hydrogen (secondary N) is 1. The van der Waals surface area contributed by atoms with Crippen molar-refractivity contribution in [3.8, 4) is 0 Å². The van der Waals surface area contributed by atoms with Gasteiger partial charge in [-0.1, -0.05) is 12.7 Å². The van der Waals surface area contributed by atoms with Crippen LogP contribution in [-0.2, 0) is 10.0 Å². The lowest BCUT2D eigenvalue weighted by atomic mass is 10.3. The maximum absolute atomic E-state index is 14.5. The highest BCUT2D eigenvalue weighted by Gasteiger charge is 2.28. The van der Waals surface area contributed by atoms with Gasteiger partial charge >= 0.3 is 6.09 Å². The number of carboxylic acid groups (broad SMARTS) is 1. The molecule has 2 heterocycles. The van der Waals surface area contributed by atoms with E-state index >= 15 is 0 Å². The topological polar surface area (TPSA) is 116 Å². The van der Waals surface area contributed by atoms with Crippen LogP contribution in [0.3, 0.4) is 0 Å². The summed E-state index contributed by atoms with van der Waals surface area (Å²) in [5.74, 6) is -0.615. The van der Waals surface area contributed by atoms with E-state index < -0.39 is 21.9 Å². The maximum atomic E-state index is 14.5. The number of aromatic nitrogens is 2. The Morgan fingerprint density at radius 1 is 1.21 bits per heavy atom. The summed E-state index contributed by atoms with van der Waals surface area (Å²) in [6.45, 7) is 4.09. The second-order valence-corrected chi connectivity index (χ2v) is 8.28. The largest absolute Gasteiger partial charge is 0.465 e. The molecule has 1 saturated heterocycles. The third-order valence-corrected chi connectivity index (χ3v) is 6.35. The van der Waals surface area contributed by atoms with Crippen LogP contribution < -0.4 is 5.32 Å². The number of benzene rings is 1. The van der Waals surface area contributed by atoms with Gasteiger partial charge in [-0.15, -0.1) is 0 Å². The van der Waals surface area contributed by atoms with Crippen molar-refractivity contribution < 1.29 is 22.7 Å². The van der Waals surface area contributed by atoms with Crippen LogP contribution in [0.4, 0.5) is 20.8 Å². The molecule has 1 aromatic heterocycles. The monoisotopic (exact) mass is 421 g/mol. The van der Waals surface area contributed by atoms with Gasteiger partial charge in [0.25, 0.3) is 0 Å². The number of sulfonamides is 1. The number of halogens is 1. The quantitative estimate of drug-likeness (QED) is 0.761. The predicted octanol–water partition coefficient (Wildman–Crippen LogP) is 2.38. The van der Waals surface area contributed by atoms with Crippen molar-refractivity contribution in [1.82, 2.24) is 19.2 Å². The molecule has 11 heteroatoms. The highest BCUT2D eigenvalue weighted by Crippen LogP contribution is 2.24. The maximum Gasteiger partial charge on any atom is 0.407 e. The van der Waals surface area contributed by atoms with Crippen LogP contribution in [0.1, 0.15) is 12.0 Å². The molecule has 1 fully saturated rings. The first-order chi connectivity index (χ1) is 13.8. The summed E-state index contributed by atoms with van der Waals surface area (Å²) in [4.78, 5) is 20.1.